The Labute approximate surface area is 152 Å². The van der Waals surface area contributed by atoms with Gasteiger partial charge >= 0.3 is 0 Å². The molecule has 0 saturated carbocycles. The molecule has 1 amide bonds. The van der Waals surface area contributed by atoms with Crippen LogP contribution in [-0.4, -0.2) is 65.5 Å². The van der Waals surface area contributed by atoms with Crippen molar-refractivity contribution in [3.63, 3.8) is 0 Å². The molecule has 7 nitrogen and oxygen atoms in total. The van der Waals surface area contributed by atoms with Gasteiger partial charge < -0.3 is 10.2 Å². The monoisotopic (exact) mass is 360 g/mol. The molecule has 5 unspecified atom stereocenters. The summed E-state index contributed by atoms with van der Waals surface area (Å²) in [5.74, 6) is 1.74. The lowest BCUT2D eigenvalue weighted by atomic mass is 10.0. The van der Waals surface area contributed by atoms with E-state index in [-0.39, 0.29) is 6.29 Å². The minimum Gasteiger partial charge on any atom is -0.356 e. The van der Waals surface area contributed by atoms with Crippen molar-refractivity contribution in [2.75, 3.05) is 31.1 Å². The van der Waals surface area contributed by atoms with Gasteiger partial charge in [0.25, 0.3) is 5.91 Å². The summed E-state index contributed by atoms with van der Waals surface area (Å²) in [6.07, 6.45) is 3.31. The maximum atomic E-state index is 13.7. The van der Waals surface area contributed by atoms with Gasteiger partial charge in [-0.05, 0) is 38.0 Å². The molecule has 0 spiro atoms. The van der Waals surface area contributed by atoms with E-state index in [1.54, 1.807) is 13.3 Å². The van der Waals surface area contributed by atoms with E-state index in [0.717, 1.165) is 44.8 Å². The summed E-state index contributed by atoms with van der Waals surface area (Å²) in [7, 11) is 0. The van der Waals surface area contributed by atoms with Crippen molar-refractivity contribution >= 4 is 11.7 Å². The number of likely N-dealkylation sites (tertiary alicyclic amines) is 1. The largest absolute Gasteiger partial charge is 0.356 e. The van der Waals surface area contributed by atoms with Gasteiger partial charge in [-0.15, -0.1) is 0 Å². The van der Waals surface area contributed by atoms with E-state index in [2.05, 4.69) is 30.4 Å². The Bertz CT molecular complexity index is 716. The smallest absolute Gasteiger partial charge is 0.258 e. The molecule has 4 aliphatic rings. The first-order chi connectivity index (χ1) is 12.6. The Hall–Kier alpha value is -1.80. The molecule has 5 atom stereocenters. The Morgan fingerprint density at radius 1 is 1.15 bits per heavy atom. The zero-order valence-electron chi connectivity index (χ0n) is 15.0. The van der Waals surface area contributed by atoms with Crippen LogP contribution in [0.4, 0.5) is 10.2 Å². The first kappa shape index (κ1) is 16.4. The lowest BCUT2D eigenvalue weighted by molar-refractivity contribution is -0.133. The minimum atomic E-state index is -1.47. The number of rotatable bonds is 2. The fourth-order valence-corrected chi connectivity index (χ4v) is 5.04. The van der Waals surface area contributed by atoms with Crippen LogP contribution >= 0.6 is 0 Å². The lowest BCUT2D eigenvalue weighted by Gasteiger charge is -2.37. The van der Waals surface area contributed by atoms with Crippen LogP contribution in [0.3, 0.4) is 0 Å². The summed E-state index contributed by atoms with van der Waals surface area (Å²) in [5.41, 5.74) is 2.56. The molecule has 1 aliphatic carbocycles. The fraction of sp³-hybridized carbons (Fsp3) is 0.722. The third-order valence-corrected chi connectivity index (χ3v) is 6.42. The molecule has 2 N–H and O–H groups in total. The summed E-state index contributed by atoms with van der Waals surface area (Å²) in [6.45, 7) is 5.54. The van der Waals surface area contributed by atoms with E-state index in [4.69, 9.17) is 0 Å². The average molecular weight is 360 g/mol. The number of fused-ring (bicyclic) bond motifs is 2. The second-order valence-corrected chi connectivity index (χ2v) is 8.12. The molecule has 1 aromatic heterocycles. The van der Waals surface area contributed by atoms with Gasteiger partial charge in [0, 0.05) is 43.5 Å². The molecule has 0 bridgehead atoms. The molecule has 26 heavy (non-hydrogen) atoms. The Morgan fingerprint density at radius 2 is 1.92 bits per heavy atom. The standard InChI is InChI=1S/C18H25FN6O/c1-10-15(19)17(26)23-18(22-10)25-7-11-5-24(6-12(11)8-25)16-13-3-2-4-14(13)20-9-21-16/h9-12,15,18,22H,2-8H2,1H3,(H,23,26). The quantitative estimate of drug-likeness (QED) is 0.777. The molecule has 0 aromatic carbocycles. The summed E-state index contributed by atoms with van der Waals surface area (Å²) in [6, 6.07) is -0.450. The van der Waals surface area contributed by atoms with Gasteiger partial charge in [-0.2, -0.15) is 0 Å². The van der Waals surface area contributed by atoms with Gasteiger partial charge in [-0.3, -0.25) is 15.0 Å². The van der Waals surface area contributed by atoms with Gasteiger partial charge in [-0.1, -0.05) is 0 Å². The molecule has 140 valence electrons. The highest BCUT2D eigenvalue weighted by molar-refractivity contribution is 5.82. The number of hydrogen-bond acceptors (Lipinski definition) is 6. The van der Waals surface area contributed by atoms with Crippen molar-refractivity contribution in [2.45, 2.75) is 44.7 Å². The topological polar surface area (TPSA) is 73.4 Å². The predicted octanol–water partition coefficient (Wildman–Crippen LogP) is 0.0629. The number of carbonyl (C=O) groups is 1. The van der Waals surface area contributed by atoms with Crippen LogP contribution in [0.1, 0.15) is 24.6 Å². The van der Waals surface area contributed by atoms with Gasteiger partial charge in [0.05, 0.1) is 0 Å². The van der Waals surface area contributed by atoms with Crippen LogP contribution < -0.4 is 15.5 Å². The third kappa shape index (κ3) is 2.58. The number of nitrogens with one attached hydrogen (secondary N) is 2. The van der Waals surface area contributed by atoms with Crippen molar-refractivity contribution < 1.29 is 9.18 Å². The molecule has 8 heteroatoms. The van der Waals surface area contributed by atoms with Gasteiger partial charge in [0.2, 0.25) is 0 Å². The van der Waals surface area contributed by atoms with Crippen molar-refractivity contribution in [3.05, 3.63) is 17.6 Å². The minimum absolute atomic E-state index is 0.258. The van der Waals surface area contributed by atoms with Crippen molar-refractivity contribution in [3.8, 4) is 0 Å². The molecule has 3 fully saturated rings. The van der Waals surface area contributed by atoms with E-state index in [0.29, 0.717) is 11.8 Å². The highest BCUT2D eigenvalue weighted by Gasteiger charge is 2.45. The van der Waals surface area contributed by atoms with Gasteiger partial charge in [0.1, 0.15) is 18.4 Å². The highest BCUT2D eigenvalue weighted by atomic mass is 19.1. The van der Waals surface area contributed by atoms with E-state index >= 15 is 0 Å². The van der Waals surface area contributed by atoms with E-state index in [9.17, 15) is 9.18 Å². The van der Waals surface area contributed by atoms with Crippen LogP contribution in [0.15, 0.2) is 6.33 Å². The average Bonchev–Trinajstić information content (AvgIpc) is 3.32. The molecular weight excluding hydrogens is 335 g/mol. The van der Waals surface area contributed by atoms with Gasteiger partial charge in [0.15, 0.2) is 6.17 Å². The predicted molar refractivity (Wildman–Crippen MR) is 94.2 cm³/mol. The molecule has 5 rings (SSSR count). The summed E-state index contributed by atoms with van der Waals surface area (Å²) >= 11 is 0. The van der Waals surface area contributed by atoms with E-state index < -0.39 is 18.1 Å². The second-order valence-electron chi connectivity index (χ2n) is 8.12. The molecule has 3 aliphatic heterocycles. The highest BCUT2D eigenvalue weighted by Crippen LogP contribution is 2.37. The van der Waals surface area contributed by atoms with E-state index in [1.165, 1.54) is 17.7 Å². The number of aryl methyl sites for hydroxylation is 1. The SMILES string of the molecule is CC1NC(N2CC3CN(c4ncnc5c4CCC5)CC3C2)NC(=O)C1F. The molecule has 1 aromatic rings. The van der Waals surface area contributed by atoms with Crippen LogP contribution in [-0.2, 0) is 17.6 Å². The molecular formula is C18H25FN6O. The Kier molecular flexibility index (Phi) is 3.86. The zero-order valence-corrected chi connectivity index (χ0v) is 15.0. The lowest BCUT2D eigenvalue weighted by Crippen LogP contribution is -2.67. The number of halogens is 1. The zero-order chi connectivity index (χ0) is 17.8. The van der Waals surface area contributed by atoms with Crippen LogP contribution in [0, 0.1) is 11.8 Å². The molecule has 4 heterocycles. The molecule has 3 saturated heterocycles. The Balaban J connectivity index is 1.26. The number of hydrogen-bond donors (Lipinski definition) is 2. The van der Waals surface area contributed by atoms with Crippen LogP contribution in [0.5, 0.6) is 0 Å². The van der Waals surface area contributed by atoms with Crippen molar-refractivity contribution in [1.82, 2.24) is 25.5 Å². The first-order valence-corrected chi connectivity index (χ1v) is 9.62. The Morgan fingerprint density at radius 3 is 2.65 bits per heavy atom. The number of anilines is 1. The number of nitrogens with zero attached hydrogens (tertiary/aromatic N) is 4. The number of amides is 1. The maximum Gasteiger partial charge on any atom is 0.258 e. The van der Waals surface area contributed by atoms with Crippen LogP contribution in [0.2, 0.25) is 0 Å². The van der Waals surface area contributed by atoms with Crippen molar-refractivity contribution in [2.24, 2.45) is 11.8 Å². The van der Waals surface area contributed by atoms with E-state index in [1.807, 2.05) is 0 Å². The number of aromatic nitrogens is 2. The number of alkyl halides is 1. The van der Waals surface area contributed by atoms with Crippen molar-refractivity contribution in [1.29, 1.82) is 0 Å². The fourth-order valence-electron chi connectivity index (χ4n) is 5.04. The first-order valence-electron chi connectivity index (χ1n) is 9.62. The third-order valence-electron chi connectivity index (χ3n) is 6.42. The number of carbonyl (C=O) groups excluding carboxylic acids is 1. The second kappa shape index (κ2) is 6.13. The maximum absolute atomic E-state index is 13.7. The summed E-state index contributed by atoms with van der Waals surface area (Å²) < 4.78 is 13.7. The van der Waals surface area contributed by atoms with Crippen LogP contribution in [0.25, 0.3) is 0 Å². The van der Waals surface area contributed by atoms with Gasteiger partial charge in [-0.25, -0.2) is 14.4 Å². The normalized spacial score (nSPS) is 36.9. The summed E-state index contributed by atoms with van der Waals surface area (Å²) in [5, 5.41) is 5.96. The summed E-state index contributed by atoms with van der Waals surface area (Å²) in [4.78, 5) is 25.5. The molecule has 0 radical (unpaired) electrons.